The fourth-order valence-electron chi connectivity index (χ4n) is 3.94. The van der Waals surface area contributed by atoms with Gasteiger partial charge >= 0.3 is 0 Å². The molecule has 1 fully saturated rings. The quantitative estimate of drug-likeness (QED) is 0.649. The molecule has 0 radical (unpaired) electrons. The molecular formula is C17H36N2O2. The maximum Gasteiger partial charge on any atom is 0.0616 e. The van der Waals surface area contributed by atoms with Crippen LogP contribution in [0, 0.1) is 5.92 Å². The Labute approximate surface area is 131 Å². The monoisotopic (exact) mass is 300 g/mol. The first-order chi connectivity index (χ1) is 9.99. The number of aliphatic hydroxyl groups is 1. The lowest BCUT2D eigenvalue weighted by Gasteiger charge is -2.38. The molecule has 0 aromatic rings. The molecule has 3 atom stereocenters. The molecule has 0 spiro atoms. The number of nitrogens with zero attached hydrogens (tertiary/aromatic N) is 1. The van der Waals surface area contributed by atoms with E-state index in [2.05, 4.69) is 37.9 Å². The first kappa shape index (κ1) is 18.9. The Morgan fingerprint density at radius 3 is 2.62 bits per heavy atom. The first-order valence-electron chi connectivity index (χ1n) is 8.60. The van der Waals surface area contributed by atoms with E-state index in [9.17, 15) is 5.11 Å². The Morgan fingerprint density at radius 1 is 1.38 bits per heavy atom. The maximum atomic E-state index is 9.96. The Morgan fingerprint density at radius 2 is 2.10 bits per heavy atom. The van der Waals surface area contributed by atoms with E-state index < -0.39 is 0 Å². The summed E-state index contributed by atoms with van der Waals surface area (Å²) in [7, 11) is 1.77. The number of methoxy groups -OCH3 is 1. The summed E-state index contributed by atoms with van der Waals surface area (Å²) in [5, 5.41) is 13.6. The van der Waals surface area contributed by atoms with Crippen molar-refractivity contribution in [1.82, 2.24) is 10.2 Å². The minimum atomic E-state index is -0.0575. The van der Waals surface area contributed by atoms with Crippen LogP contribution in [0.3, 0.4) is 0 Å². The lowest BCUT2D eigenvalue weighted by molar-refractivity contribution is 0.0790. The number of hydrogen-bond acceptors (Lipinski definition) is 4. The van der Waals surface area contributed by atoms with E-state index in [-0.39, 0.29) is 12.1 Å². The molecule has 0 aromatic carbocycles. The van der Waals surface area contributed by atoms with Crippen molar-refractivity contribution in [2.24, 2.45) is 5.92 Å². The zero-order valence-corrected chi connectivity index (χ0v) is 14.7. The minimum absolute atomic E-state index is 0.0575. The predicted molar refractivity (Wildman–Crippen MR) is 88.6 cm³/mol. The fraction of sp³-hybridized carbons (Fsp3) is 1.00. The largest absolute Gasteiger partial charge is 0.394 e. The second-order valence-corrected chi connectivity index (χ2v) is 6.92. The molecule has 1 rings (SSSR count). The van der Waals surface area contributed by atoms with Crippen LogP contribution in [0.25, 0.3) is 0 Å². The molecular weight excluding hydrogens is 264 g/mol. The van der Waals surface area contributed by atoms with Crippen LogP contribution in [0.5, 0.6) is 0 Å². The van der Waals surface area contributed by atoms with E-state index in [0.717, 1.165) is 32.5 Å². The van der Waals surface area contributed by atoms with Gasteiger partial charge in [-0.15, -0.1) is 0 Å². The maximum absolute atomic E-state index is 9.96. The minimum Gasteiger partial charge on any atom is -0.394 e. The Bertz CT molecular complexity index is 286. The van der Waals surface area contributed by atoms with E-state index in [4.69, 9.17) is 4.74 Å². The van der Waals surface area contributed by atoms with E-state index >= 15 is 0 Å². The molecule has 1 saturated carbocycles. The van der Waals surface area contributed by atoms with Gasteiger partial charge in [-0.3, -0.25) is 4.90 Å². The van der Waals surface area contributed by atoms with E-state index in [1.54, 1.807) is 7.11 Å². The van der Waals surface area contributed by atoms with Gasteiger partial charge in [0.15, 0.2) is 0 Å². The molecule has 0 saturated heterocycles. The van der Waals surface area contributed by atoms with Crippen molar-refractivity contribution in [2.75, 3.05) is 33.4 Å². The van der Waals surface area contributed by atoms with Gasteiger partial charge in [-0.1, -0.05) is 27.2 Å². The van der Waals surface area contributed by atoms with Gasteiger partial charge in [-0.05, 0) is 45.2 Å². The Hall–Kier alpha value is -0.160. The molecule has 3 unspecified atom stereocenters. The number of nitrogens with one attached hydrogen (secondary N) is 1. The summed E-state index contributed by atoms with van der Waals surface area (Å²) < 4.78 is 5.28. The summed E-state index contributed by atoms with van der Waals surface area (Å²) in [4.78, 5) is 2.49. The van der Waals surface area contributed by atoms with E-state index in [1.165, 1.54) is 12.8 Å². The third kappa shape index (κ3) is 5.20. The summed E-state index contributed by atoms with van der Waals surface area (Å²) in [5.41, 5.74) is -0.0575. The summed E-state index contributed by atoms with van der Waals surface area (Å²) in [6, 6.07) is 0.885. The van der Waals surface area contributed by atoms with Crippen LogP contribution in [0.15, 0.2) is 0 Å². The fourth-order valence-corrected chi connectivity index (χ4v) is 3.94. The van der Waals surface area contributed by atoms with Crippen LogP contribution < -0.4 is 5.32 Å². The van der Waals surface area contributed by atoms with Crippen molar-refractivity contribution < 1.29 is 9.84 Å². The van der Waals surface area contributed by atoms with Crippen LogP contribution in [0.1, 0.15) is 53.4 Å². The van der Waals surface area contributed by atoms with Crippen molar-refractivity contribution in [3.8, 4) is 0 Å². The normalized spacial score (nSPS) is 27.7. The third-order valence-corrected chi connectivity index (χ3v) is 5.02. The first-order valence-corrected chi connectivity index (χ1v) is 8.60. The zero-order valence-electron chi connectivity index (χ0n) is 14.7. The second-order valence-electron chi connectivity index (χ2n) is 6.92. The van der Waals surface area contributed by atoms with Gasteiger partial charge in [0.05, 0.1) is 13.2 Å². The third-order valence-electron chi connectivity index (χ3n) is 5.02. The van der Waals surface area contributed by atoms with Crippen molar-refractivity contribution in [3.63, 3.8) is 0 Å². The molecule has 21 heavy (non-hydrogen) atoms. The zero-order chi connectivity index (χ0) is 15.9. The molecule has 4 nitrogen and oxygen atoms in total. The molecule has 4 heteroatoms. The lowest BCUT2D eigenvalue weighted by atomic mass is 9.84. The van der Waals surface area contributed by atoms with Gasteiger partial charge in [-0.25, -0.2) is 0 Å². The molecule has 0 aromatic heterocycles. The SMILES string of the molecule is CCN(CCC1CCCC1(CO)NC(C)C)C(C)COC. The number of ether oxygens (including phenoxy) is 1. The van der Waals surface area contributed by atoms with Gasteiger partial charge in [0.1, 0.15) is 0 Å². The van der Waals surface area contributed by atoms with E-state index in [1.807, 2.05) is 0 Å². The van der Waals surface area contributed by atoms with Crippen LogP contribution in [0.2, 0.25) is 0 Å². The van der Waals surface area contributed by atoms with Crippen LogP contribution >= 0.6 is 0 Å². The van der Waals surface area contributed by atoms with Crippen molar-refractivity contribution in [1.29, 1.82) is 0 Å². The molecule has 1 aliphatic rings. The van der Waals surface area contributed by atoms with Gasteiger partial charge in [0.2, 0.25) is 0 Å². The highest BCUT2D eigenvalue weighted by Gasteiger charge is 2.42. The number of hydrogen-bond donors (Lipinski definition) is 2. The molecule has 2 N–H and O–H groups in total. The highest BCUT2D eigenvalue weighted by Crippen LogP contribution is 2.38. The van der Waals surface area contributed by atoms with Crippen molar-refractivity contribution in [3.05, 3.63) is 0 Å². The summed E-state index contributed by atoms with van der Waals surface area (Å²) >= 11 is 0. The van der Waals surface area contributed by atoms with Gasteiger partial charge in [0.25, 0.3) is 0 Å². The average molecular weight is 300 g/mol. The van der Waals surface area contributed by atoms with Crippen molar-refractivity contribution >= 4 is 0 Å². The number of aliphatic hydroxyl groups excluding tert-OH is 1. The molecule has 1 aliphatic carbocycles. The molecule has 0 aliphatic heterocycles. The highest BCUT2D eigenvalue weighted by atomic mass is 16.5. The molecule has 126 valence electrons. The summed E-state index contributed by atoms with van der Waals surface area (Å²) in [5.74, 6) is 0.577. The molecule has 0 heterocycles. The molecule has 0 bridgehead atoms. The smallest absolute Gasteiger partial charge is 0.0616 e. The van der Waals surface area contributed by atoms with Gasteiger partial charge in [0, 0.05) is 24.7 Å². The topological polar surface area (TPSA) is 44.7 Å². The summed E-state index contributed by atoms with van der Waals surface area (Å²) in [6.07, 6.45) is 4.72. The lowest BCUT2D eigenvalue weighted by Crippen LogP contribution is -2.54. The second kappa shape index (κ2) is 9.09. The van der Waals surface area contributed by atoms with Crippen LogP contribution in [0.4, 0.5) is 0 Å². The van der Waals surface area contributed by atoms with Crippen LogP contribution in [-0.2, 0) is 4.74 Å². The molecule has 0 amide bonds. The highest BCUT2D eigenvalue weighted by molar-refractivity contribution is 5.00. The standard InChI is InChI=1S/C17H36N2O2/c1-6-19(15(4)12-21-5)11-9-16-8-7-10-17(16,13-20)18-14(2)3/h14-16,18,20H,6-13H2,1-5H3. The van der Waals surface area contributed by atoms with Gasteiger partial charge in [-0.2, -0.15) is 0 Å². The van der Waals surface area contributed by atoms with Crippen molar-refractivity contribution in [2.45, 2.75) is 71.0 Å². The Balaban J connectivity index is 2.58. The van der Waals surface area contributed by atoms with Crippen LogP contribution in [-0.4, -0.2) is 61.0 Å². The summed E-state index contributed by atoms with van der Waals surface area (Å²) in [6.45, 7) is 12.0. The number of likely N-dealkylation sites (N-methyl/N-ethyl adjacent to an activating group) is 1. The average Bonchev–Trinajstić information content (AvgIpc) is 2.82. The number of rotatable bonds is 10. The predicted octanol–water partition coefficient (Wildman–Crippen LogP) is 2.26. The Kier molecular flexibility index (Phi) is 8.17. The van der Waals surface area contributed by atoms with E-state index in [0.29, 0.717) is 18.0 Å². The van der Waals surface area contributed by atoms with Gasteiger partial charge < -0.3 is 15.2 Å².